The Bertz CT molecular complexity index is 1100. The normalized spacial score (nSPS) is 28.2. The maximum Gasteiger partial charge on any atom is 0.317 e. The third-order valence-corrected chi connectivity index (χ3v) is 7.20. The highest BCUT2D eigenvalue weighted by Crippen LogP contribution is 2.37. The molecule has 6 atom stereocenters. The summed E-state index contributed by atoms with van der Waals surface area (Å²) in [6, 6.07) is 19.0. The number of rotatable bonds is 6. The zero-order chi connectivity index (χ0) is 25.5. The smallest absolute Gasteiger partial charge is 0.317 e. The molecule has 0 spiro atoms. The van der Waals surface area contributed by atoms with E-state index in [1.165, 1.54) is 0 Å². The highest BCUT2D eigenvalue weighted by atomic mass is 16.6. The number of hydrogen-bond acceptors (Lipinski definition) is 7. The summed E-state index contributed by atoms with van der Waals surface area (Å²) in [6.07, 6.45) is 4.38. The van der Waals surface area contributed by atoms with E-state index in [0.717, 1.165) is 11.1 Å². The summed E-state index contributed by atoms with van der Waals surface area (Å²) in [5, 5.41) is 0. The van der Waals surface area contributed by atoms with Crippen LogP contribution in [-0.4, -0.2) is 37.6 Å². The molecule has 0 aromatic heterocycles. The summed E-state index contributed by atoms with van der Waals surface area (Å²) in [6.45, 7) is 1.94. The summed E-state index contributed by atoms with van der Waals surface area (Å²) in [5.41, 5.74) is 1.82. The van der Waals surface area contributed by atoms with Gasteiger partial charge in [-0.2, -0.15) is 0 Å². The van der Waals surface area contributed by atoms with Crippen LogP contribution in [0.25, 0.3) is 0 Å². The molecule has 36 heavy (non-hydrogen) atoms. The van der Waals surface area contributed by atoms with E-state index in [0.29, 0.717) is 12.8 Å². The van der Waals surface area contributed by atoms with Crippen LogP contribution in [0.15, 0.2) is 72.8 Å². The first kappa shape index (κ1) is 25.4. The second kappa shape index (κ2) is 11.8. The first-order valence-electron chi connectivity index (χ1n) is 12.2. The number of cyclic esters (lactones) is 2. The van der Waals surface area contributed by atoms with Crippen molar-refractivity contribution < 1.29 is 33.4 Å². The average molecular weight is 491 g/mol. The largest absolute Gasteiger partial charge is 0.465 e. The van der Waals surface area contributed by atoms with Gasteiger partial charge < -0.3 is 14.2 Å². The summed E-state index contributed by atoms with van der Waals surface area (Å²) in [5.74, 6) is -4.96. The Labute approximate surface area is 210 Å². The van der Waals surface area contributed by atoms with Crippen molar-refractivity contribution in [2.45, 2.75) is 19.8 Å². The maximum atomic E-state index is 13.5. The van der Waals surface area contributed by atoms with E-state index in [1.807, 2.05) is 79.7 Å². The van der Waals surface area contributed by atoms with Gasteiger partial charge in [-0.15, -0.1) is 0 Å². The molecule has 0 radical (unpaired) electrons. The van der Waals surface area contributed by atoms with Gasteiger partial charge in [0.05, 0.1) is 31.0 Å². The number of ether oxygens (including phenoxy) is 3. The first-order chi connectivity index (χ1) is 17.5. The van der Waals surface area contributed by atoms with Crippen molar-refractivity contribution >= 4 is 24.4 Å². The summed E-state index contributed by atoms with van der Waals surface area (Å²) in [7, 11) is 0. The van der Waals surface area contributed by atoms with Crippen LogP contribution in [-0.2, 0) is 46.2 Å². The molecule has 1 aliphatic carbocycles. The fraction of sp³-hybridized carbons (Fsp3) is 0.379. The molecular weight excluding hydrogens is 460 g/mol. The summed E-state index contributed by atoms with van der Waals surface area (Å²) in [4.78, 5) is 50.4. The average Bonchev–Trinajstić information content (AvgIpc) is 2.89. The van der Waals surface area contributed by atoms with Crippen LogP contribution in [0, 0.1) is 35.5 Å². The molecule has 0 unspecified atom stereocenters. The second-order valence-electron chi connectivity index (χ2n) is 9.48. The zero-order valence-electron chi connectivity index (χ0n) is 20.2. The van der Waals surface area contributed by atoms with E-state index in [1.54, 1.807) is 0 Å². The Morgan fingerprint density at radius 2 is 1.39 bits per heavy atom. The van der Waals surface area contributed by atoms with Gasteiger partial charge in [-0.05, 0) is 29.9 Å². The molecule has 188 valence electrons. The number of carbonyl (C=O) groups is 4. The molecule has 1 fully saturated rings. The van der Waals surface area contributed by atoms with Crippen LogP contribution in [0.1, 0.15) is 18.1 Å². The number of hydrogen-bond donors (Lipinski definition) is 0. The van der Waals surface area contributed by atoms with E-state index < -0.39 is 41.6 Å². The van der Waals surface area contributed by atoms with Crippen molar-refractivity contribution in [2.75, 3.05) is 13.2 Å². The number of allylic oxidation sites excluding steroid dienone is 1. The first-order valence-corrected chi connectivity index (χ1v) is 12.2. The highest BCUT2D eigenvalue weighted by molar-refractivity contribution is 5.83. The molecule has 7 heteroatoms. The summed E-state index contributed by atoms with van der Waals surface area (Å²) >= 11 is 0. The second-order valence-corrected chi connectivity index (χ2v) is 9.48. The van der Waals surface area contributed by atoms with E-state index in [4.69, 9.17) is 9.47 Å². The van der Waals surface area contributed by atoms with Gasteiger partial charge in [0.2, 0.25) is 0 Å². The SMILES string of the molecule is C[C@@H]1C=C[C@@H]2COC(=O)[C@H](Cc3ccccc3)[C@@H](Cc3ccccc3)C(=O)OC[C@@H]2[C@H]1C(=O)OC=O. The lowest BCUT2D eigenvalue weighted by Gasteiger charge is -2.37. The Morgan fingerprint density at radius 1 is 0.861 bits per heavy atom. The molecule has 0 bridgehead atoms. The van der Waals surface area contributed by atoms with Gasteiger partial charge in [0.25, 0.3) is 0 Å². The molecule has 2 aromatic rings. The molecule has 2 aliphatic rings. The Morgan fingerprint density at radius 3 is 1.92 bits per heavy atom. The summed E-state index contributed by atoms with van der Waals surface area (Å²) < 4.78 is 16.3. The van der Waals surface area contributed by atoms with Gasteiger partial charge in [0.15, 0.2) is 0 Å². The minimum absolute atomic E-state index is 0.0402. The number of carbonyl (C=O) groups excluding carboxylic acids is 4. The Balaban J connectivity index is 1.65. The van der Waals surface area contributed by atoms with Gasteiger partial charge in [0.1, 0.15) is 0 Å². The Kier molecular flexibility index (Phi) is 8.31. The standard InChI is InChI=1S/C29H30O7/c1-19-12-13-22-16-34-27(31)23(14-20-8-4-2-5-9-20)24(15-21-10-6-3-7-11-21)28(32)35-17-25(22)26(19)29(33)36-18-30/h2-13,18-19,22-26H,14-17H2,1H3/t19-,22-,23-,24-,25+,26+/m1/s1. The molecule has 0 amide bonds. The minimum Gasteiger partial charge on any atom is -0.465 e. The van der Waals surface area contributed by atoms with Crippen molar-refractivity contribution in [3.63, 3.8) is 0 Å². The van der Waals surface area contributed by atoms with E-state index in [2.05, 4.69) is 4.74 Å². The van der Waals surface area contributed by atoms with Gasteiger partial charge in [-0.3, -0.25) is 19.2 Å². The number of benzene rings is 2. The molecule has 1 saturated heterocycles. The molecule has 2 aromatic carbocycles. The third-order valence-electron chi connectivity index (χ3n) is 7.20. The van der Waals surface area contributed by atoms with Crippen LogP contribution in [0.3, 0.4) is 0 Å². The van der Waals surface area contributed by atoms with Gasteiger partial charge in [-0.1, -0.05) is 79.7 Å². The number of fused-ring (bicyclic) bond motifs is 1. The van der Waals surface area contributed by atoms with Crippen molar-refractivity contribution in [3.05, 3.63) is 83.9 Å². The van der Waals surface area contributed by atoms with Gasteiger partial charge >= 0.3 is 24.4 Å². The van der Waals surface area contributed by atoms with Crippen LogP contribution in [0.2, 0.25) is 0 Å². The lowest BCUT2D eigenvalue weighted by molar-refractivity contribution is -0.170. The topological polar surface area (TPSA) is 96.0 Å². The molecule has 0 N–H and O–H groups in total. The molecule has 0 saturated carbocycles. The predicted molar refractivity (Wildman–Crippen MR) is 130 cm³/mol. The quantitative estimate of drug-likeness (QED) is 0.201. The van der Waals surface area contributed by atoms with Crippen LogP contribution in [0.5, 0.6) is 0 Å². The van der Waals surface area contributed by atoms with E-state index in [9.17, 15) is 19.2 Å². The lowest BCUT2D eigenvalue weighted by Crippen LogP contribution is -2.44. The van der Waals surface area contributed by atoms with Crippen molar-refractivity contribution in [3.8, 4) is 0 Å². The van der Waals surface area contributed by atoms with E-state index >= 15 is 0 Å². The third kappa shape index (κ3) is 5.90. The fourth-order valence-electron chi connectivity index (χ4n) is 5.25. The molecule has 4 rings (SSSR count). The van der Waals surface area contributed by atoms with Crippen LogP contribution < -0.4 is 0 Å². The van der Waals surface area contributed by atoms with Crippen LogP contribution in [0.4, 0.5) is 0 Å². The van der Waals surface area contributed by atoms with Gasteiger partial charge in [0, 0.05) is 11.8 Å². The molecule has 1 aliphatic heterocycles. The number of esters is 3. The van der Waals surface area contributed by atoms with Crippen LogP contribution >= 0.6 is 0 Å². The van der Waals surface area contributed by atoms with Gasteiger partial charge in [-0.25, -0.2) is 0 Å². The van der Waals surface area contributed by atoms with E-state index in [-0.39, 0.29) is 31.5 Å². The molecule has 1 heterocycles. The maximum absolute atomic E-state index is 13.5. The molecular formula is C29H30O7. The zero-order valence-corrected chi connectivity index (χ0v) is 20.2. The monoisotopic (exact) mass is 490 g/mol. The minimum atomic E-state index is -0.770. The van der Waals surface area contributed by atoms with Crippen molar-refractivity contribution in [2.24, 2.45) is 35.5 Å². The Hall–Kier alpha value is -3.74. The molecule has 7 nitrogen and oxygen atoms in total. The van der Waals surface area contributed by atoms with Crippen molar-refractivity contribution in [1.82, 2.24) is 0 Å². The lowest BCUT2D eigenvalue weighted by atomic mass is 9.71. The predicted octanol–water partition coefficient (Wildman–Crippen LogP) is 3.56. The fourth-order valence-corrected chi connectivity index (χ4v) is 5.25. The van der Waals surface area contributed by atoms with Crippen molar-refractivity contribution in [1.29, 1.82) is 0 Å². The highest BCUT2D eigenvalue weighted by Gasteiger charge is 2.44.